The van der Waals surface area contributed by atoms with Gasteiger partial charge in [0.25, 0.3) is 0 Å². The molecule has 5 nitrogen and oxygen atoms in total. The number of rotatable bonds is 2. The minimum Gasteiger partial charge on any atom is -0.245 e. The molecule has 0 saturated carbocycles. The van der Waals surface area contributed by atoms with E-state index in [1.807, 2.05) is 0 Å². The third-order valence-electron chi connectivity index (χ3n) is 3.11. The summed E-state index contributed by atoms with van der Waals surface area (Å²) in [6.45, 7) is 0. The highest BCUT2D eigenvalue weighted by Crippen LogP contribution is 2.41. The van der Waals surface area contributed by atoms with Gasteiger partial charge >= 0.3 is 6.18 Å². The molecule has 106 valence electrons. The third kappa shape index (κ3) is 2.18. The van der Waals surface area contributed by atoms with Gasteiger partial charge in [0.2, 0.25) is 0 Å². The predicted molar refractivity (Wildman–Crippen MR) is 67.6 cm³/mol. The molecule has 0 fully saturated rings. The van der Waals surface area contributed by atoms with Gasteiger partial charge in [0.15, 0.2) is 5.54 Å². The molecule has 0 saturated heterocycles. The van der Waals surface area contributed by atoms with Crippen LogP contribution in [0.5, 0.6) is 0 Å². The number of benzene rings is 1. The van der Waals surface area contributed by atoms with Crippen molar-refractivity contribution in [2.24, 2.45) is 15.4 Å². The summed E-state index contributed by atoms with van der Waals surface area (Å²) in [5.74, 6) is 0. The van der Waals surface area contributed by atoms with Crippen LogP contribution in [-0.2, 0) is 11.7 Å². The second-order valence-electron chi connectivity index (χ2n) is 4.34. The maximum atomic E-state index is 13.2. The Kier molecular flexibility index (Phi) is 3.00. The topological polar surface area (TPSA) is 62.9 Å². The van der Waals surface area contributed by atoms with Gasteiger partial charge < -0.3 is 0 Å². The molecule has 1 aliphatic rings. The smallest absolute Gasteiger partial charge is 0.245 e. The monoisotopic (exact) mass is 291 g/mol. The van der Waals surface area contributed by atoms with Crippen LogP contribution < -0.4 is 0 Å². The van der Waals surface area contributed by atoms with Crippen molar-refractivity contribution in [3.8, 4) is 0 Å². The van der Waals surface area contributed by atoms with Crippen molar-refractivity contribution in [3.05, 3.63) is 59.7 Å². The van der Waals surface area contributed by atoms with Gasteiger partial charge in [-0.25, -0.2) is 9.97 Å². The van der Waals surface area contributed by atoms with Gasteiger partial charge in [0, 0.05) is 11.8 Å². The molecule has 0 amide bonds. The Morgan fingerprint density at radius 2 is 1.86 bits per heavy atom. The Hall–Kier alpha value is -2.64. The molecular formula is C13H8F3N5. The van der Waals surface area contributed by atoms with Crippen LogP contribution in [0.2, 0.25) is 0 Å². The predicted octanol–water partition coefficient (Wildman–Crippen LogP) is 3.19. The average Bonchev–Trinajstić information content (AvgIpc) is 2.98. The summed E-state index contributed by atoms with van der Waals surface area (Å²) in [6, 6.07) is 6.67. The molecule has 1 unspecified atom stereocenters. The highest BCUT2D eigenvalue weighted by atomic mass is 19.4. The lowest BCUT2D eigenvalue weighted by atomic mass is 9.85. The van der Waals surface area contributed by atoms with E-state index in [1.165, 1.54) is 43.0 Å². The van der Waals surface area contributed by atoms with E-state index in [0.29, 0.717) is 0 Å². The quantitative estimate of drug-likeness (QED) is 0.853. The van der Waals surface area contributed by atoms with Gasteiger partial charge in [-0.1, -0.05) is 18.2 Å². The normalized spacial score (nSPS) is 20.9. The van der Waals surface area contributed by atoms with Gasteiger partial charge in [0.1, 0.15) is 6.33 Å². The van der Waals surface area contributed by atoms with E-state index in [-0.39, 0.29) is 11.3 Å². The zero-order chi connectivity index (χ0) is 14.9. The first-order valence-electron chi connectivity index (χ1n) is 5.93. The van der Waals surface area contributed by atoms with Crippen molar-refractivity contribution in [2.45, 2.75) is 11.7 Å². The van der Waals surface area contributed by atoms with Crippen molar-refractivity contribution >= 4 is 6.21 Å². The summed E-state index contributed by atoms with van der Waals surface area (Å²) < 4.78 is 39.7. The van der Waals surface area contributed by atoms with Crippen LogP contribution in [-0.4, -0.2) is 16.2 Å². The molecule has 1 aromatic carbocycles. The van der Waals surface area contributed by atoms with Gasteiger partial charge in [-0.05, 0) is 17.4 Å². The first-order chi connectivity index (χ1) is 10.0. The van der Waals surface area contributed by atoms with Crippen LogP contribution >= 0.6 is 0 Å². The Bertz CT molecular complexity index is 697. The van der Waals surface area contributed by atoms with E-state index in [9.17, 15) is 13.2 Å². The number of hydrogen-bond acceptors (Lipinski definition) is 5. The second-order valence-corrected chi connectivity index (χ2v) is 4.34. The molecule has 21 heavy (non-hydrogen) atoms. The molecule has 3 rings (SSSR count). The summed E-state index contributed by atoms with van der Waals surface area (Å²) in [5.41, 5.74) is -2.06. The molecule has 0 aliphatic carbocycles. The maximum Gasteiger partial charge on any atom is 0.416 e. The van der Waals surface area contributed by atoms with E-state index < -0.39 is 17.3 Å². The molecule has 0 radical (unpaired) electrons. The van der Waals surface area contributed by atoms with Gasteiger partial charge in [-0.2, -0.15) is 13.2 Å². The van der Waals surface area contributed by atoms with Crippen LogP contribution in [0.4, 0.5) is 13.2 Å². The van der Waals surface area contributed by atoms with E-state index in [2.05, 4.69) is 25.4 Å². The fourth-order valence-electron chi connectivity index (χ4n) is 2.19. The van der Waals surface area contributed by atoms with Crippen molar-refractivity contribution in [2.75, 3.05) is 0 Å². The lowest BCUT2D eigenvalue weighted by Gasteiger charge is -2.24. The zero-order valence-electron chi connectivity index (χ0n) is 10.5. The zero-order valence-corrected chi connectivity index (χ0v) is 10.5. The fraction of sp³-hybridized carbons (Fsp3) is 0.154. The highest BCUT2D eigenvalue weighted by molar-refractivity contribution is 5.79. The van der Waals surface area contributed by atoms with Crippen LogP contribution in [0.15, 0.2) is 58.3 Å². The lowest BCUT2D eigenvalue weighted by Crippen LogP contribution is -2.29. The van der Waals surface area contributed by atoms with Crippen molar-refractivity contribution in [1.82, 2.24) is 9.97 Å². The molecule has 0 spiro atoms. The SMILES string of the molecule is FC(F)(F)c1ccccc1C1(c2ccncn2)C=NN=N1. The van der Waals surface area contributed by atoms with Gasteiger partial charge in [-0.15, -0.1) is 10.2 Å². The largest absolute Gasteiger partial charge is 0.416 e. The first-order valence-corrected chi connectivity index (χ1v) is 5.93. The lowest BCUT2D eigenvalue weighted by molar-refractivity contribution is -0.138. The summed E-state index contributed by atoms with van der Waals surface area (Å²) >= 11 is 0. The van der Waals surface area contributed by atoms with Crippen molar-refractivity contribution < 1.29 is 13.2 Å². The number of alkyl halides is 3. The molecular weight excluding hydrogens is 283 g/mol. The van der Waals surface area contributed by atoms with Crippen LogP contribution in [0.1, 0.15) is 16.8 Å². The van der Waals surface area contributed by atoms with Gasteiger partial charge in [0.05, 0.1) is 17.5 Å². The average molecular weight is 291 g/mol. The number of nitrogens with zero attached hydrogens (tertiary/aromatic N) is 5. The van der Waals surface area contributed by atoms with Gasteiger partial charge in [-0.3, -0.25) is 0 Å². The van der Waals surface area contributed by atoms with E-state index >= 15 is 0 Å². The Balaban J connectivity index is 2.26. The number of aromatic nitrogens is 2. The molecule has 2 heterocycles. The summed E-state index contributed by atoms with van der Waals surface area (Å²) in [7, 11) is 0. The highest BCUT2D eigenvalue weighted by Gasteiger charge is 2.44. The molecule has 0 N–H and O–H groups in total. The van der Waals surface area contributed by atoms with Crippen LogP contribution in [0, 0.1) is 0 Å². The maximum absolute atomic E-state index is 13.2. The minimum absolute atomic E-state index is 0.0683. The van der Waals surface area contributed by atoms with E-state index in [4.69, 9.17) is 0 Å². The van der Waals surface area contributed by atoms with Crippen LogP contribution in [0.3, 0.4) is 0 Å². The summed E-state index contributed by atoms with van der Waals surface area (Å²) in [6.07, 6.45) is -0.584. The van der Waals surface area contributed by atoms with Crippen LogP contribution in [0.25, 0.3) is 0 Å². The number of halogens is 3. The fourth-order valence-corrected chi connectivity index (χ4v) is 2.19. The summed E-state index contributed by atoms with van der Waals surface area (Å²) in [5, 5.41) is 11.0. The van der Waals surface area contributed by atoms with E-state index in [0.717, 1.165) is 6.07 Å². The second kappa shape index (κ2) is 4.72. The Morgan fingerprint density at radius 1 is 1.05 bits per heavy atom. The number of hydrogen-bond donors (Lipinski definition) is 0. The molecule has 8 heteroatoms. The third-order valence-corrected chi connectivity index (χ3v) is 3.11. The van der Waals surface area contributed by atoms with E-state index in [1.54, 1.807) is 0 Å². The molecule has 1 aromatic heterocycles. The Labute approximate surface area is 117 Å². The Morgan fingerprint density at radius 3 is 2.48 bits per heavy atom. The molecule has 1 aliphatic heterocycles. The standard InChI is InChI=1S/C13H8F3N5/c14-13(15,16)10-4-2-1-3-9(10)12(7-19-21-20-12)11-5-6-17-8-18-11/h1-8H. The molecule has 1 atom stereocenters. The molecule has 2 aromatic rings. The van der Waals surface area contributed by atoms with Crippen molar-refractivity contribution in [1.29, 1.82) is 0 Å². The summed E-state index contributed by atoms with van der Waals surface area (Å²) in [4.78, 5) is 7.77. The first kappa shape index (κ1) is 13.3. The van der Waals surface area contributed by atoms with Crippen molar-refractivity contribution in [3.63, 3.8) is 0 Å². The minimum atomic E-state index is -4.51. The molecule has 0 bridgehead atoms.